The summed E-state index contributed by atoms with van der Waals surface area (Å²) in [6.45, 7) is 8.06. The zero-order valence-electron chi connectivity index (χ0n) is 23.9. The molecule has 3 aromatic rings. The molecule has 3 heterocycles. The number of hydrogen-bond donors (Lipinski definition) is 4. The standard InChI is InChI=1S/C26H37N7O8S/c1-4-7-22-21(17-27-35)18(3)24-26(34)28-25(29-32(22)24)20-16-19(8-9-23(20)40-5-2)42(38,39)31-13-11-30(12-14-31)10-6-15-41-33(36)37/h8-9,16-17,33,35-36H,4-7,10-15H2,1-3H3,(H,28,29,34)/b27-17+. The quantitative estimate of drug-likeness (QED) is 0.0924. The predicted molar refractivity (Wildman–Crippen MR) is 152 cm³/mol. The van der Waals surface area contributed by atoms with Crippen LogP contribution >= 0.6 is 0 Å². The van der Waals surface area contributed by atoms with Crippen LogP contribution in [0.5, 0.6) is 5.75 Å². The van der Waals surface area contributed by atoms with E-state index in [1.165, 1.54) is 27.2 Å². The third-order valence-electron chi connectivity index (χ3n) is 7.18. The van der Waals surface area contributed by atoms with Crippen molar-refractivity contribution in [2.75, 3.05) is 45.9 Å². The van der Waals surface area contributed by atoms with Crippen LogP contribution in [-0.2, 0) is 21.3 Å². The minimum atomic E-state index is -3.89. The van der Waals surface area contributed by atoms with Crippen LogP contribution < -0.4 is 15.7 Å². The Morgan fingerprint density at radius 2 is 1.98 bits per heavy atom. The summed E-state index contributed by atoms with van der Waals surface area (Å²) in [5, 5.41) is 34.9. The van der Waals surface area contributed by atoms with E-state index in [4.69, 9.17) is 15.0 Å². The third-order valence-corrected chi connectivity index (χ3v) is 9.07. The second-order valence-electron chi connectivity index (χ2n) is 9.85. The predicted octanol–water partition coefficient (Wildman–Crippen LogP) is 0.557. The van der Waals surface area contributed by atoms with E-state index in [2.05, 4.69) is 19.9 Å². The molecule has 0 aliphatic carbocycles. The molecule has 0 bridgehead atoms. The smallest absolute Gasteiger partial charge is 0.275 e. The SMILES string of the molecule is CCCc1c(/C=N/O)c(C)c2c(=O)[nH]c(-c3cc(S(=O)(=O)N4CCN(CCCO[NH+]([O-])O)CC4)ccc3OCC)nn12. The molecule has 1 fully saturated rings. The molecule has 230 valence electrons. The highest BCUT2D eigenvalue weighted by atomic mass is 32.2. The van der Waals surface area contributed by atoms with Gasteiger partial charge in [-0.25, -0.2) is 12.9 Å². The lowest BCUT2D eigenvalue weighted by atomic mass is 10.1. The molecule has 4 N–H and O–H groups in total. The van der Waals surface area contributed by atoms with E-state index in [1.807, 2.05) is 6.92 Å². The number of nitrogens with one attached hydrogen (secondary N) is 2. The summed E-state index contributed by atoms with van der Waals surface area (Å²) in [5.74, 6) is 0.506. The number of oxime groups is 1. The Morgan fingerprint density at radius 1 is 1.24 bits per heavy atom. The van der Waals surface area contributed by atoms with Crippen molar-refractivity contribution in [3.63, 3.8) is 0 Å². The number of rotatable bonds is 13. The topological polar surface area (TPSA) is 190 Å². The van der Waals surface area contributed by atoms with Gasteiger partial charge in [0, 0.05) is 38.3 Å². The summed E-state index contributed by atoms with van der Waals surface area (Å²) in [7, 11) is -3.89. The number of aromatic amines is 1. The summed E-state index contributed by atoms with van der Waals surface area (Å²) in [6.07, 6.45) is 3.13. The first-order valence-electron chi connectivity index (χ1n) is 13.8. The molecule has 1 atom stereocenters. The maximum atomic E-state index is 13.7. The van der Waals surface area contributed by atoms with Crippen LogP contribution in [0, 0.1) is 12.1 Å². The Hall–Kier alpha value is -3.38. The Morgan fingerprint density at radius 3 is 2.62 bits per heavy atom. The lowest BCUT2D eigenvalue weighted by Crippen LogP contribution is -3.03. The summed E-state index contributed by atoms with van der Waals surface area (Å²) < 4.78 is 36.1. The monoisotopic (exact) mass is 607 g/mol. The van der Waals surface area contributed by atoms with Crippen LogP contribution in [0.1, 0.15) is 43.5 Å². The number of fused-ring (bicyclic) bond motifs is 1. The highest BCUT2D eigenvalue weighted by molar-refractivity contribution is 7.89. The molecule has 0 radical (unpaired) electrons. The molecule has 1 aliphatic heterocycles. The number of quaternary nitrogens is 1. The maximum Gasteiger partial charge on any atom is 0.275 e. The van der Waals surface area contributed by atoms with Gasteiger partial charge in [0.05, 0.1) is 29.0 Å². The van der Waals surface area contributed by atoms with Gasteiger partial charge in [-0.1, -0.05) is 23.9 Å². The van der Waals surface area contributed by atoms with Crippen LogP contribution in [0.4, 0.5) is 0 Å². The highest BCUT2D eigenvalue weighted by Gasteiger charge is 2.30. The number of H-pyrrole nitrogens is 1. The van der Waals surface area contributed by atoms with Crippen molar-refractivity contribution in [3.8, 4) is 17.1 Å². The van der Waals surface area contributed by atoms with E-state index in [1.54, 1.807) is 19.9 Å². The van der Waals surface area contributed by atoms with E-state index < -0.39 is 21.0 Å². The zero-order chi connectivity index (χ0) is 30.4. The lowest BCUT2D eigenvalue weighted by molar-refractivity contribution is -1.21. The van der Waals surface area contributed by atoms with Crippen molar-refractivity contribution >= 4 is 21.8 Å². The van der Waals surface area contributed by atoms with Gasteiger partial charge in [0.15, 0.2) is 5.82 Å². The fraction of sp³-hybridized carbons (Fsp3) is 0.500. The Balaban J connectivity index is 1.67. The number of piperazine rings is 1. The molecule has 4 rings (SSSR count). The maximum absolute atomic E-state index is 13.7. The first kappa shape index (κ1) is 31.6. The molecule has 0 spiro atoms. The number of ether oxygens (including phenoxy) is 1. The summed E-state index contributed by atoms with van der Waals surface area (Å²) >= 11 is 0. The minimum Gasteiger partial charge on any atom is -0.566 e. The van der Waals surface area contributed by atoms with Gasteiger partial charge in [0.2, 0.25) is 10.0 Å². The Kier molecular flexibility index (Phi) is 10.3. The molecule has 1 unspecified atom stereocenters. The number of nitrogens with zero attached hydrogens (tertiary/aromatic N) is 5. The van der Waals surface area contributed by atoms with Gasteiger partial charge in [-0.3, -0.25) is 4.79 Å². The van der Waals surface area contributed by atoms with Crippen LogP contribution in [0.15, 0.2) is 33.0 Å². The number of aromatic nitrogens is 3. The molecule has 1 saturated heterocycles. The first-order chi connectivity index (χ1) is 20.1. The van der Waals surface area contributed by atoms with Gasteiger partial charge in [0.1, 0.15) is 17.9 Å². The largest absolute Gasteiger partial charge is 0.566 e. The number of benzene rings is 1. The van der Waals surface area contributed by atoms with Crippen molar-refractivity contribution in [3.05, 3.63) is 50.6 Å². The van der Waals surface area contributed by atoms with Crippen molar-refractivity contribution in [2.45, 2.75) is 44.9 Å². The average Bonchev–Trinajstić information content (AvgIpc) is 3.22. The molecule has 1 aromatic carbocycles. The zero-order valence-corrected chi connectivity index (χ0v) is 24.7. The van der Waals surface area contributed by atoms with Gasteiger partial charge in [-0.2, -0.15) is 14.4 Å². The fourth-order valence-corrected chi connectivity index (χ4v) is 6.62. The van der Waals surface area contributed by atoms with Gasteiger partial charge in [0.25, 0.3) is 5.56 Å². The van der Waals surface area contributed by atoms with Crippen molar-refractivity contribution < 1.29 is 33.8 Å². The molecule has 15 nitrogen and oxygen atoms in total. The van der Waals surface area contributed by atoms with Crippen LogP contribution in [0.3, 0.4) is 0 Å². The second-order valence-corrected chi connectivity index (χ2v) is 11.8. The molecular formula is C26H37N7O8S. The molecular weight excluding hydrogens is 570 g/mol. The van der Waals surface area contributed by atoms with E-state index in [9.17, 15) is 23.6 Å². The molecule has 2 aromatic heterocycles. The fourth-order valence-electron chi connectivity index (χ4n) is 5.17. The van der Waals surface area contributed by atoms with E-state index in [-0.39, 0.29) is 30.4 Å². The number of sulfonamides is 1. The van der Waals surface area contributed by atoms with Crippen LogP contribution in [-0.4, -0.2) is 94.8 Å². The summed E-state index contributed by atoms with van der Waals surface area (Å²) in [4.78, 5) is 22.7. The lowest BCUT2D eigenvalue weighted by Gasteiger charge is -2.34. The number of hydrogen-bond acceptors (Lipinski definition) is 11. The molecule has 42 heavy (non-hydrogen) atoms. The summed E-state index contributed by atoms with van der Waals surface area (Å²) in [6, 6.07) is 4.51. The number of aryl methyl sites for hydroxylation is 2. The van der Waals surface area contributed by atoms with Crippen molar-refractivity contribution in [2.24, 2.45) is 5.16 Å². The minimum absolute atomic E-state index is 0.0394. The third kappa shape index (κ3) is 6.64. The normalized spacial score (nSPS) is 16.0. The Bertz CT molecular complexity index is 1580. The van der Waals surface area contributed by atoms with Crippen molar-refractivity contribution in [1.82, 2.24) is 23.8 Å². The van der Waals surface area contributed by atoms with E-state index in [0.717, 1.165) is 6.42 Å². The molecule has 0 amide bonds. The summed E-state index contributed by atoms with van der Waals surface area (Å²) in [5.41, 5.74) is 2.12. The van der Waals surface area contributed by atoms with Gasteiger partial charge in [-0.15, -0.1) is 5.10 Å². The van der Waals surface area contributed by atoms with Crippen molar-refractivity contribution in [1.29, 1.82) is 0 Å². The highest BCUT2D eigenvalue weighted by Crippen LogP contribution is 2.32. The van der Waals surface area contributed by atoms with Gasteiger partial charge < -0.3 is 25.0 Å². The molecule has 1 aliphatic rings. The van der Waals surface area contributed by atoms with E-state index >= 15 is 0 Å². The first-order valence-corrected chi connectivity index (χ1v) is 15.2. The Labute approximate surface area is 243 Å². The molecule has 0 saturated carbocycles. The van der Waals surface area contributed by atoms with Crippen LogP contribution in [0.2, 0.25) is 0 Å². The van der Waals surface area contributed by atoms with E-state index in [0.29, 0.717) is 72.7 Å². The van der Waals surface area contributed by atoms with Gasteiger partial charge >= 0.3 is 0 Å². The average molecular weight is 608 g/mol. The van der Waals surface area contributed by atoms with Gasteiger partial charge in [-0.05, 0) is 50.5 Å². The van der Waals surface area contributed by atoms with Crippen LogP contribution in [0.25, 0.3) is 16.9 Å². The second kappa shape index (κ2) is 13.7. The molecule has 16 heteroatoms.